The van der Waals surface area contributed by atoms with Crippen molar-refractivity contribution in [1.29, 1.82) is 0 Å². The van der Waals surface area contributed by atoms with E-state index in [1.54, 1.807) is 30.3 Å². The van der Waals surface area contributed by atoms with Crippen molar-refractivity contribution in [2.45, 2.75) is 0 Å². The number of aromatic nitrogens is 1. The molecule has 0 amide bonds. The van der Waals surface area contributed by atoms with Gasteiger partial charge in [-0.25, -0.2) is 0 Å². The van der Waals surface area contributed by atoms with Crippen LogP contribution in [0.2, 0.25) is 5.02 Å². The Labute approximate surface area is 102 Å². The lowest BCUT2D eigenvalue weighted by Gasteiger charge is -1.97. The first-order chi connectivity index (χ1) is 8.24. The molecule has 0 atom stereocenters. The van der Waals surface area contributed by atoms with Gasteiger partial charge in [-0.15, -0.1) is 0 Å². The van der Waals surface area contributed by atoms with E-state index in [4.69, 9.17) is 16.1 Å². The molecular weight excluding hydrogens is 238 g/mol. The normalized spacial score (nSPS) is 10.9. The highest BCUT2D eigenvalue weighted by Gasteiger charge is 2.10. The van der Waals surface area contributed by atoms with Crippen LogP contribution in [0, 0.1) is 0 Å². The molecule has 3 rings (SSSR count). The first kappa shape index (κ1) is 10.2. The number of benzene rings is 2. The number of phenolic OH excluding ortho intramolecular Hbond substituents is 1. The minimum atomic E-state index is 0.191. The van der Waals surface area contributed by atoms with E-state index >= 15 is 0 Å². The number of rotatable bonds is 1. The second kappa shape index (κ2) is 3.79. The van der Waals surface area contributed by atoms with E-state index in [9.17, 15) is 5.11 Å². The summed E-state index contributed by atoms with van der Waals surface area (Å²) in [7, 11) is 0. The molecule has 0 saturated carbocycles. The number of hydrogen-bond acceptors (Lipinski definition) is 3. The molecule has 3 nitrogen and oxygen atoms in total. The highest BCUT2D eigenvalue weighted by molar-refractivity contribution is 6.30. The molecule has 84 valence electrons. The molecule has 17 heavy (non-hydrogen) atoms. The highest BCUT2D eigenvalue weighted by atomic mass is 35.5. The van der Waals surface area contributed by atoms with E-state index in [1.807, 2.05) is 12.1 Å². The molecule has 4 heteroatoms. The molecular formula is C13H8ClNO2. The zero-order valence-corrected chi connectivity index (χ0v) is 9.48. The second-order valence-corrected chi connectivity index (χ2v) is 4.15. The van der Waals surface area contributed by atoms with Gasteiger partial charge in [-0.3, -0.25) is 0 Å². The Hall–Kier alpha value is -2.00. The molecule has 0 unspecified atom stereocenters. The van der Waals surface area contributed by atoms with Gasteiger partial charge in [0, 0.05) is 10.6 Å². The lowest BCUT2D eigenvalue weighted by Crippen LogP contribution is -1.77. The largest absolute Gasteiger partial charge is 0.508 e. The minimum absolute atomic E-state index is 0.191. The van der Waals surface area contributed by atoms with Gasteiger partial charge in [-0.2, -0.15) is 0 Å². The predicted molar refractivity (Wildman–Crippen MR) is 66.1 cm³/mol. The minimum Gasteiger partial charge on any atom is -0.508 e. The van der Waals surface area contributed by atoms with Crippen LogP contribution < -0.4 is 0 Å². The first-order valence-electron chi connectivity index (χ1n) is 5.08. The van der Waals surface area contributed by atoms with Crippen molar-refractivity contribution in [3.63, 3.8) is 0 Å². The van der Waals surface area contributed by atoms with Crippen molar-refractivity contribution in [3.05, 3.63) is 47.5 Å². The van der Waals surface area contributed by atoms with Gasteiger partial charge in [0.25, 0.3) is 0 Å². The molecule has 1 aromatic heterocycles. The Kier molecular flexibility index (Phi) is 2.27. The summed E-state index contributed by atoms with van der Waals surface area (Å²) in [6.45, 7) is 0. The third kappa shape index (κ3) is 1.74. The van der Waals surface area contributed by atoms with E-state index in [2.05, 4.69) is 5.16 Å². The van der Waals surface area contributed by atoms with Crippen LogP contribution in [0.3, 0.4) is 0 Å². The van der Waals surface area contributed by atoms with E-state index in [0.717, 1.165) is 10.9 Å². The lowest BCUT2D eigenvalue weighted by atomic mass is 10.1. The number of fused-ring (bicyclic) bond motifs is 1. The second-order valence-electron chi connectivity index (χ2n) is 3.72. The van der Waals surface area contributed by atoms with Gasteiger partial charge >= 0.3 is 0 Å². The highest BCUT2D eigenvalue weighted by Crippen LogP contribution is 2.30. The molecule has 0 radical (unpaired) electrons. The molecule has 0 bridgehead atoms. The summed E-state index contributed by atoms with van der Waals surface area (Å²) in [4.78, 5) is 0. The number of hydrogen-bond donors (Lipinski definition) is 1. The SMILES string of the molecule is Oc1ccc2onc(-c3ccc(Cl)cc3)c2c1. The Balaban J connectivity index is 2.23. The average molecular weight is 246 g/mol. The average Bonchev–Trinajstić information content (AvgIpc) is 2.73. The summed E-state index contributed by atoms with van der Waals surface area (Å²) in [5.74, 6) is 0.191. The Bertz CT molecular complexity index is 673. The van der Waals surface area contributed by atoms with Gasteiger partial charge in [0.1, 0.15) is 11.4 Å². The van der Waals surface area contributed by atoms with Crippen LogP contribution in [0.25, 0.3) is 22.2 Å². The van der Waals surface area contributed by atoms with Crippen LogP contribution in [0.15, 0.2) is 47.0 Å². The van der Waals surface area contributed by atoms with Crippen molar-refractivity contribution in [2.24, 2.45) is 0 Å². The van der Waals surface area contributed by atoms with Gasteiger partial charge in [-0.05, 0) is 30.3 Å². The van der Waals surface area contributed by atoms with Crippen LogP contribution >= 0.6 is 11.6 Å². The standard InChI is InChI=1S/C13H8ClNO2/c14-9-3-1-8(2-4-9)13-11-7-10(16)5-6-12(11)17-15-13/h1-7,16H. The molecule has 0 fully saturated rings. The molecule has 3 aromatic rings. The number of nitrogens with zero attached hydrogens (tertiary/aromatic N) is 1. The third-order valence-electron chi connectivity index (χ3n) is 2.57. The van der Waals surface area contributed by atoms with Crippen molar-refractivity contribution in [3.8, 4) is 17.0 Å². The number of aromatic hydroxyl groups is 1. The molecule has 0 spiro atoms. The van der Waals surface area contributed by atoms with Crippen molar-refractivity contribution < 1.29 is 9.63 Å². The summed E-state index contributed by atoms with van der Waals surface area (Å²) < 4.78 is 5.19. The van der Waals surface area contributed by atoms with Crippen LogP contribution in [-0.4, -0.2) is 10.3 Å². The zero-order valence-electron chi connectivity index (χ0n) is 8.72. The summed E-state index contributed by atoms with van der Waals surface area (Å²) in [6, 6.07) is 12.2. The Morgan fingerprint density at radius 3 is 2.59 bits per heavy atom. The maximum Gasteiger partial charge on any atom is 0.167 e. The molecule has 2 aromatic carbocycles. The lowest BCUT2D eigenvalue weighted by molar-refractivity contribution is 0.457. The quantitative estimate of drug-likeness (QED) is 0.708. The maximum absolute atomic E-state index is 9.47. The fraction of sp³-hybridized carbons (Fsp3) is 0. The molecule has 0 aliphatic heterocycles. The predicted octanol–water partition coefficient (Wildman–Crippen LogP) is 3.85. The summed E-state index contributed by atoms with van der Waals surface area (Å²) in [6.07, 6.45) is 0. The van der Waals surface area contributed by atoms with E-state index in [0.29, 0.717) is 16.3 Å². The third-order valence-corrected chi connectivity index (χ3v) is 2.82. The Morgan fingerprint density at radius 2 is 1.82 bits per heavy atom. The van der Waals surface area contributed by atoms with Crippen LogP contribution in [-0.2, 0) is 0 Å². The van der Waals surface area contributed by atoms with E-state index in [-0.39, 0.29) is 5.75 Å². The smallest absolute Gasteiger partial charge is 0.167 e. The van der Waals surface area contributed by atoms with Crippen LogP contribution in [0.5, 0.6) is 5.75 Å². The van der Waals surface area contributed by atoms with Crippen molar-refractivity contribution in [2.75, 3.05) is 0 Å². The number of phenols is 1. The van der Waals surface area contributed by atoms with E-state index in [1.165, 1.54) is 0 Å². The molecule has 1 heterocycles. The maximum atomic E-state index is 9.47. The van der Waals surface area contributed by atoms with Gasteiger partial charge in [0.15, 0.2) is 5.58 Å². The first-order valence-corrected chi connectivity index (χ1v) is 5.46. The zero-order chi connectivity index (χ0) is 11.8. The van der Waals surface area contributed by atoms with Crippen LogP contribution in [0.4, 0.5) is 0 Å². The number of halogens is 1. The van der Waals surface area contributed by atoms with Crippen molar-refractivity contribution in [1.82, 2.24) is 5.16 Å². The van der Waals surface area contributed by atoms with Gasteiger partial charge in [0.2, 0.25) is 0 Å². The topological polar surface area (TPSA) is 46.3 Å². The summed E-state index contributed by atoms with van der Waals surface area (Å²) in [5, 5.41) is 14.9. The summed E-state index contributed by atoms with van der Waals surface area (Å²) in [5.41, 5.74) is 2.25. The molecule has 0 aliphatic carbocycles. The Morgan fingerprint density at radius 1 is 1.06 bits per heavy atom. The molecule has 1 N–H and O–H groups in total. The fourth-order valence-electron chi connectivity index (χ4n) is 1.74. The fourth-order valence-corrected chi connectivity index (χ4v) is 1.87. The van der Waals surface area contributed by atoms with Crippen molar-refractivity contribution >= 4 is 22.6 Å². The summed E-state index contributed by atoms with van der Waals surface area (Å²) >= 11 is 5.83. The molecule has 0 saturated heterocycles. The van der Waals surface area contributed by atoms with E-state index < -0.39 is 0 Å². The van der Waals surface area contributed by atoms with Gasteiger partial charge in [0.05, 0.1) is 5.39 Å². The molecule has 0 aliphatic rings. The monoisotopic (exact) mass is 245 g/mol. The van der Waals surface area contributed by atoms with Gasteiger partial charge in [-0.1, -0.05) is 28.9 Å². The van der Waals surface area contributed by atoms with Crippen LogP contribution in [0.1, 0.15) is 0 Å². The van der Waals surface area contributed by atoms with Gasteiger partial charge < -0.3 is 9.63 Å².